The summed E-state index contributed by atoms with van der Waals surface area (Å²) in [6, 6.07) is 18.5. The van der Waals surface area contributed by atoms with Gasteiger partial charge in [0, 0.05) is 48.1 Å². The van der Waals surface area contributed by atoms with E-state index in [1.807, 2.05) is 84.3 Å². The molecule has 0 aromatic heterocycles. The third-order valence-corrected chi connectivity index (χ3v) is 6.14. The molecule has 2 aliphatic rings. The van der Waals surface area contributed by atoms with E-state index in [2.05, 4.69) is 0 Å². The fourth-order valence-electron chi connectivity index (χ4n) is 4.96. The molecule has 2 aromatic rings. The number of hydrogen-bond acceptors (Lipinski definition) is 3. The topological polar surface area (TPSA) is 60.9 Å². The number of aliphatic hydroxyl groups is 1. The van der Waals surface area contributed by atoms with Gasteiger partial charge in [-0.15, -0.1) is 0 Å². The minimum Gasteiger partial charge on any atom is -0.392 e. The van der Waals surface area contributed by atoms with E-state index in [1.165, 1.54) is 0 Å². The van der Waals surface area contributed by atoms with Crippen LogP contribution in [0.1, 0.15) is 34.6 Å². The van der Waals surface area contributed by atoms with Gasteiger partial charge in [-0.2, -0.15) is 0 Å². The molecule has 146 valence electrons. The fraction of sp³-hybridized carbons (Fsp3) is 0.391. The normalized spacial score (nSPS) is 29.5. The van der Waals surface area contributed by atoms with E-state index >= 15 is 0 Å². The monoisotopic (exact) mass is 378 g/mol. The minimum atomic E-state index is -0.570. The molecule has 2 bridgehead atoms. The molecule has 1 N–H and O–H groups in total. The number of amides is 2. The Morgan fingerprint density at radius 2 is 1.07 bits per heavy atom. The van der Waals surface area contributed by atoms with Gasteiger partial charge >= 0.3 is 0 Å². The van der Waals surface area contributed by atoms with Gasteiger partial charge < -0.3 is 14.9 Å². The van der Waals surface area contributed by atoms with Crippen molar-refractivity contribution >= 4 is 11.8 Å². The number of benzene rings is 2. The molecule has 2 fully saturated rings. The van der Waals surface area contributed by atoms with Crippen LogP contribution in [0, 0.1) is 10.8 Å². The van der Waals surface area contributed by atoms with Gasteiger partial charge in [0.25, 0.3) is 11.8 Å². The summed E-state index contributed by atoms with van der Waals surface area (Å²) in [5.74, 6) is -0.0411. The summed E-state index contributed by atoms with van der Waals surface area (Å²) in [7, 11) is 0. The van der Waals surface area contributed by atoms with Gasteiger partial charge in [0.15, 0.2) is 0 Å². The molecule has 0 atom stereocenters. The van der Waals surface area contributed by atoms with Crippen molar-refractivity contribution in [2.75, 3.05) is 26.2 Å². The SMILES string of the molecule is CC12CN(C(=O)c3ccccc3)CC(C)(CN(C(=O)c3ccccc3)C1)C2O. The van der Waals surface area contributed by atoms with Crippen LogP contribution >= 0.6 is 0 Å². The number of piperidine rings is 2. The lowest BCUT2D eigenvalue weighted by Crippen LogP contribution is -2.71. The van der Waals surface area contributed by atoms with Crippen molar-refractivity contribution in [2.24, 2.45) is 10.8 Å². The Morgan fingerprint density at radius 1 is 0.750 bits per heavy atom. The van der Waals surface area contributed by atoms with Gasteiger partial charge in [0.1, 0.15) is 0 Å². The van der Waals surface area contributed by atoms with Gasteiger partial charge in [0.05, 0.1) is 6.10 Å². The average molecular weight is 378 g/mol. The predicted octanol–water partition coefficient (Wildman–Crippen LogP) is 2.67. The first-order chi connectivity index (χ1) is 13.3. The van der Waals surface area contributed by atoms with Crippen LogP contribution in [0.3, 0.4) is 0 Å². The van der Waals surface area contributed by atoms with Crippen LogP contribution in [0.5, 0.6) is 0 Å². The van der Waals surface area contributed by atoms with Crippen LogP contribution in [0.25, 0.3) is 0 Å². The van der Waals surface area contributed by atoms with Gasteiger partial charge in [-0.25, -0.2) is 0 Å². The third-order valence-electron chi connectivity index (χ3n) is 6.14. The smallest absolute Gasteiger partial charge is 0.253 e. The lowest BCUT2D eigenvalue weighted by molar-refractivity contribution is -0.157. The number of fused-ring (bicyclic) bond motifs is 2. The molecule has 0 aliphatic carbocycles. The van der Waals surface area contributed by atoms with Crippen molar-refractivity contribution in [2.45, 2.75) is 20.0 Å². The van der Waals surface area contributed by atoms with Crippen molar-refractivity contribution in [3.8, 4) is 0 Å². The zero-order valence-corrected chi connectivity index (χ0v) is 16.3. The summed E-state index contributed by atoms with van der Waals surface area (Å²) in [5, 5.41) is 11.1. The quantitative estimate of drug-likeness (QED) is 0.874. The summed E-state index contributed by atoms with van der Waals surface area (Å²) in [4.78, 5) is 29.7. The zero-order valence-electron chi connectivity index (χ0n) is 16.3. The summed E-state index contributed by atoms with van der Waals surface area (Å²) in [6.45, 7) is 5.66. The van der Waals surface area contributed by atoms with Crippen LogP contribution in [-0.2, 0) is 0 Å². The molecule has 2 heterocycles. The molecule has 5 heteroatoms. The summed E-state index contributed by atoms with van der Waals surface area (Å²) in [5.41, 5.74) is 0.169. The lowest BCUT2D eigenvalue weighted by Gasteiger charge is -2.59. The van der Waals surface area contributed by atoms with Crippen molar-refractivity contribution in [3.05, 3.63) is 71.8 Å². The Kier molecular flexibility index (Phi) is 4.50. The Morgan fingerprint density at radius 3 is 1.39 bits per heavy atom. The molecule has 2 aliphatic heterocycles. The molecule has 2 amide bonds. The highest BCUT2D eigenvalue weighted by Gasteiger charge is 2.57. The molecule has 28 heavy (non-hydrogen) atoms. The maximum atomic E-state index is 13.0. The summed E-state index contributed by atoms with van der Waals surface area (Å²) < 4.78 is 0. The summed E-state index contributed by atoms with van der Waals surface area (Å²) in [6.07, 6.45) is -0.570. The second-order valence-electron chi connectivity index (χ2n) is 8.77. The second kappa shape index (κ2) is 6.74. The van der Waals surface area contributed by atoms with E-state index in [0.717, 1.165) is 0 Å². The van der Waals surface area contributed by atoms with E-state index in [9.17, 15) is 14.7 Å². The van der Waals surface area contributed by atoms with Crippen LogP contribution in [-0.4, -0.2) is 59.0 Å². The molecule has 0 unspecified atom stereocenters. The molecule has 5 nitrogen and oxygen atoms in total. The fourth-order valence-corrected chi connectivity index (χ4v) is 4.96. The van der Waals surface area contributed by atoms with Crippen LogP contribution in [0.2, 0.25) is 0 Å². The first-order valence-electron chi connectivity index (χ1n) is 9.69. The predicted molar refractivity (Wildman–Crippen MR) is 107 cm³/mol. The van der Waals surface area contributed by atoms with Crippen LogP contribution in [0.15, 0.2) is 60.7 Å². The maximum Gasteiger partial charge on any atom is 0.253 e. The van der Waals surface area contributed by atoms with Gasteiger partial charge in [-0.1, -0.05) is 50.2 Å². The summed E-state index contributed by atoms with van der Waals surface area (Å²) >= 11 is 0. The highest BCUT2D eigenvalue weighted by molar-refractivity contribution is 5.95. The van der Waals surface area contributed by atoms with Crippen molar-refractivity contribution in [1.29, 1.82) is 0 Å². The van der Waals surface area contributed by atoms with E-state index < -0.39 is 16.9 Å². The molecular formula is C23H26N2O3. The minimum absolute atomic E-state index is 0.0206. The Labute approximate surface area is 165 Å². The van der Waals surface area contributed by atoms with Crippen LogP contribution < -0.4 is 0 Å². The number of aliphatic hydroxyl groups excluding tert-OH is 1. The highest BCUT2D eigenvalue weighted by Crippen LogP contribution is 2.46. The molecule has 0 radical (unpaired) electrons. The maximum absolute atomic E-state index is 13.0. The first kappa shape index (κ1) is 18.7. The third kappa shape index (κ3) is 3.10. The van der Waals surface area contributed by atoms with E-state index in [1.54, 1.807) is 0 Å². The van der Waals surface area contributed by atoms with E-state index in [4.69, 9.17) is 0 Å². The Hall–Kier alpha value is -2.66. The number of carbonyl (C=O) groups excluding carboxylic acids is 2. The Balaban J connectivity index is 1.60. The lowest BCUT2D eigenvalue weighted by atomic mass is 9.62. The molecule has 4 rings (SSSR count). The second-order valence-corrected chi connectivity index (χ2v) is 8.77. The van der Waals surface area contributed by atoms with Crippen LogP contribution in [0.4, 0.5) is 0 Å². The largest absolute Gasteiger partial charge is 0.392 e. The number of likely N-dealkylation sites (tertiary alicyclic amines) is 2. The number of hydrogen-bond donors (Lipinski definition) is 1. The van der Waals surface area contributed by atoms with Crippen molar-refractivity contribution in [3.63, 3.8) is 0 Å². The molecular weight excluding hydrogens is 352 g/mol. The number of nitrogens with zero attached hydrogens (tertiary/aromatic N) is 2. The van der Waals surface area contributed by atoms with E-state index in [-0.39, 0.29) is 11.8 Å². The number of carbonyl (C=O) groups is 2. The molecule has 2 aromatic carbocycles. The first-order valence-corrected chi connectivity index (χ1v) is 9.69. The van der Waals surface area contributed by atoms with E-state index in [0.29, 0.717) is 37.3 Å². The highest BCUT2D eigenvalue weighted by atomic mass is 16.3. The zero-order chi connectivity index (χ0) is 19.9. The molecule has 0 saturated carbocycles. The average Bonchev–Trinajstić information content (AvgIpc) is 2.70. The number of rotatable bonds is 2. The van der Waals surface area contributed by atoms with Gasteiger partial charge in [-0.3, -0.25) is 9.59 Å². The molecule has 2 saturated heterocycles. The van der Waals surface area contributed by atoms with Crippen molar-refractivity contribution < 1.29 is 14.7 Å². The van der Waals surface area contributed by atoms with Crippen molar-refractivity contribution in [1.82, 2.24) is 9.80 Å². The Bertz CT molecular complexity index is 796. The van der Waals surface area contributed by atoms with Gasteiger partial charge in [-0.05, 0) is 24.3 Å². The van der Waals surface area contributed by atoms with Gasteiger partial charge in [0.2, 0.25) is 0 Å². The standard InChI is InChI=1S/C23H26N2O3/c1-22-13-24(19(26)17-9-5-3-6-10-17)15-23(2,21(22)28)16-25(14-22)20(27)18-11-7-4-8-12-18/h3-12,21,28H,13-16H2,1-2H3. The molecule has 0 spiro atoms.